The quantitative estimate of drug-likeness (QED) is 0.906. The van der Waals surface area contributed by atoms with Gasteiger partial charge in [0.05, 0.1) is 11.8 Å². The lowest BCUT2D eigenvalue weighted by Gasteiger charge is -2.28. The Labute approximate surface area is 114 Å². The van der Waals surface area contributed by atoms with Gasteiger partial charge in [-0.15, -0.1) is 0 Å². The van der Waals surface area contributed by atoms with Crippen molar-refractivity contribution in [2.75, 3.05) is 0 Å². The van der Waals surface area contributed by atoms with Crippen LogP contribution in [0.3, 0.4) is 0 Å². The molecular formula is C16H21NO2. The molecule has 19 heavy (non-hydrogen) atoms. The molecule has 0 spiro atoms. The van der Waals surface area contributed by atoms with Gasteiger partial charge in [-0.2, -0.15) is 0 Å². The molecule has 0 aromatic heterocycles. The van der Waals surface area contributed by atoms with E-state index in [2.05, 4.69) is 5.16 Å². The van der Waals surface area contributed by atoms with Crippen molar-refractivity contribution < 1.29 is 9.94 Å². The lowest BCUT2D eigenvalue weighted by atomic mass is 9.82. The summed E-state index contributed by atoms with van der Waals surface area (Å²) in [6.45, 7) is 0. The highest BCUT2D eigenvalue weighted by atomic mass is 16.7. The van der Waals surface area contributed by atoms with Gasteiger partial charge in [0.15, 0.2) is 6.10 Å². The SMILES string of the molecule is O[C@@H](C1CCCCC1)[C@@H]1CC(c2ccccc2)=NO1. The summed E-state index contributed by atoms with van der Waals surface area (Å²) >= 11 is 0. The maximum Gasteiger partial charge on any atom is 0.159 e. The van der Waals surface area contributed by atoms with Crippen LogP contribution in [0.5, 0.6) is 0 Å². The number of nitrogens with zero attached hydrogens (tertiary/aromatic N) is 1. The van der Waals surface area contributed by atoms with Gasteiger partial charge in [-0.25, -0.2) is 0 Å². The zero-order chi connectivity index (χ0) is 13.1. The van der Waals surface area contributed by atoms with E-state index in [0.717, 1.165) is 30.5 Å². The molecule has 1 saturated carbocycles. The summed E-state index contributed by atoms with van der Waals surface area (Å²) in [7, 11) is 0. The number of oxime groups is 1. The highest BCUT2D eigenvalue weighted by Crippen LogP contribution is 2.31. The van der Waals surface area contributed by atoms with Gasteiger partial charge in [-0.05, 0) is 24.3 Å². The first-order chi connectivity index (χ1) is 9.34. The molecule has 2 atom stereocenters. The molecule has 0 amide bonds. The van der Waals surface area contributed by atoms with Gasteiger partial charge >= 0.3 is 0 Å². The van der Waals surface area contributed by atoms with E-state index in [0.29, 0.717) is 5.92 Å². The molecule has 2 aliphatic rings. The van der Waals surface area contributed by atoms with Gasteiger partial charge in [0, 0.05) is 6.42 Å². The average Bonchev–Trinajstić information content (AvgIpc) is 2.98. The van der Waals surface area contributed by atoms with E-state index in [9.17, 15) is 5.11 Å². The average molecular weight is 259 g/mol. The Hall–Kier alpha value is -1.35. The smallest absolute Gasteiger partial charge is 0.159 e. The van der Waals surface area contributed by atoms with Gasteiger partial charge in [-0.1, -0.05) is 54.8 Å². The Balaban J connectivity index is 1.61. The second-order valence-electron chi connectivity index (χ2n) is 5.64. The number of rotatable bonds is 3. The number of benzene rings is 1. The van der Waals surface area contributed by atoms with Gasteiger partial charge in [0.2, 0.25) is 0 Å². The van der Waals surface area contributed by atoms with Crippen LogP contribution in [0.25, 0.3) is 0 Å². The van der Waals surface area contributed by atoms with Crippen molar-refractivity contribution in [3.8, 4) is 0 Å². The fourth-order valence-corrected chi connectivity index (χ4v) is 3.16. The highest BCUT2D eigenvalue weighted by Gasteiger charge is 2.34. The zero-order valence-electron chi connectivity index (χ0n) is 11.2. The van der Waals surface area contributed by atoms with Crippen LogP contribution in [-0.2, 0) is 4.84 Å². The normalized spacial score (nSPS) is 25.7. The first-order valence-corrected chi connectivity index (χ1v) is 7.31. The van der Waals surface area contributed by atoms with Crippen molar-refractivity contribution in [3.63, 3.8) is 0 Å². The molecule has 1 aromatic rings. The fourth-order valence-electron chi connectivity index (χ4n) is 3.16. The van der Waals surface area contributed by atoms with Crippen LogP contribution in [-0.4, -0.2) is 23.0 Å². The summed E-state index contributed by atoms with van der Waals surface area (Å²) in [4.78, 5) is 5.47. The molecule has 1 aliphatic heterocycles. The van der Waals surface area contributed by atoms with E-state index in [4.69, 9.17) is 4.84 Å². The minimum absolute atomic E-state index is 0.154. The predicted octanol–water partition coefficient (Wildman–Crippen LogP) is 3.12. The van der Waals surface area contributed by atoms with E-state index >= 15 is 0 Å². The third-order valence-electron chi connectivity index (χ3n) is 4.31. The Bertz CT molecular complexity index is 437. The minimum atomic E-state index is -0.370. The monoisotopic (exact) mass is 259 g/mol. The van der Waals surface area contributed by atoms with Gasteiger partial charge < -0.3 is 9.94 Å². The first-order valence-electron chi connectivity index (χ1n) is 7.31. The standard InChI is InChI=1S/C16H21NO2/c18-16(13-9-5-2-6-10-13)15-11-14(17-19-15)12-7-3-1-4-8-12/h1,3-4,7-8,13,15-16,18H,2,5-6,9-11H2/t15-,16-/m0/s1. The molecule has 1 fully saturated rings. The van der Waals surface area contributed by atoms with E-state index in [-0.39, 0.29) is 12.2 Å². The Morgan fingerprint density at radius 1 is 1.11 bits per heavy atom. The molecule has 1 aliphatic carbocycles. The molecule has 0 saturated heterocycles. The lowest BCUT2D eigenvalue weighted by molar-refractivity contribution is -0.0522. The molecule has 0 unspecified atom stereocenters. The van der Waals surface area contributed by atoms with Crippen LogP contribution in [0.1, 0.15) is 44.1 Å². The number of hydrogen-bond donors (Lipinski definition) is 1. The van der Waals surface area contributed by atoms with Crippen LogP contribution in [0, 0.1) is 5.92 Å². The molecule has 0 bridgehead atoms. The Morgan fingerprint density at radius 2 is 1.84 bits per heavy atom. The van der Waals surface area contributed by atoms with Gasteiger partial charge in [-0.3, -0.25) is 0 Å². The lowest BCUT2D eigenvalue weighted by Crippen LogP contribution is -2.34. The minimum Gasteiger partial charge on any atom is -0.389 e. The van der Waals surface area contributed by atoms with Crippen LogP contribution in [0.2, 0.25) is 0 Å². The van der Waals surface area contributed by atoms with E-state index in [1.807, 2.05) is 30.3 Å². The molecular weight excluding hydrogens is 238 g/mol. The molecule has 3 nitrogen and oxygen atoms in total. The summed E-state index contributed by atoms with van der Waals surface area (Å²) in [6, 6.07) is 10.1. The van der Waals surface area contributed by atoms with Crippen molar-refractivity contribution in [2.45, 2.75) is 50.7 Å². The van der Waals surface area contributed by atoms with Crippen molar-refractivity contribution in [1.29, 1.82) is 0 Å². The fraction of sp³-hybridized carbons (Fsp3) is 0.562. The van der Waals surface area contributed by atoms with Crippen LogP contribution in [0.15, 0.2) is 35.5 Å². The van der Waals surface area contributed by atoms with E-state index in [1.54, 1.807) is 0 Å². The van der Waals surface area contributed by atoms with Gasteiger partial charge in [0.25, 0.3) is 0 Å². The summed E-state index contributed by atoms with van der Waals surface area (Å²) in [5.41, 5.74) is 2.06. The number of aliphatic hydroxyl groups excluding tert-OH is 1. The summed E-state index contributed by atoms with van der Waals surface area (Å²) in [5.74, 6) is 0.393. The largest absolute Gasteiger partial charge is 0.389 e. The number of aliphatic hydroxyl groups is 1. The molecule has 1 N–H and O–H groups in total. The topological polar surface area (TPSA) is 41.8 Å². The highest BCUT2D eigenvalue weighted by molar-refractivity contribution is 6.01. The first kappa shape index (κ1) is 12.7. The Kier molecular flexibility index (Phi) is 3.83. The third kappa shape index (κ3) is 2.81. The second-order valence-corrected chi connectivity index (χ2v) is 5.64. The molecule has 3 rings (SSSR count). The summed E-state index contributed by atoms with van der Waals surface area (Å²) in [6.07, 6.45) is 6.23. The maximum absolute atomic E-state index is 10.4. The third-order valence-corrected chi connectivity index (χ3v) is 4.31. The predicted molar refractivity (Wildman–Crippen MR) is 75.1 cm³/mol. The molecule has 102 valence electrons. The van der Waals surface area contributed by atoms with Gasteiger partial charge in [0.1, 0.15) is 0 Å². The molecule has 0 radical (unpaired) electrons. The second kappa shape index (κ2) is 5.74. The van der Waals surface area contributed by atoms with Crippen LogP contribution in [0.4, 0.5) is 0 Å². The summed E-state index contributed by atoms with van der Waals surface area (Å²) < 4.78 is 0. The maximum atomic E-state index is 10.4. The molecule has 1 heterocycles. The number of hydrogen-bond acceptors (Lipinski definition) is 3. The van der Waals surface area contributed by atoms with Crippen LogP contribution < -0.4 is 0 Å². The van der Waals surface area contributed by atoms with Crippen molar-refractivity contribution in [1.82, 2.24) is 0 Å². The van der Waals surface area contributed by atoms with E-state index < -0.39 is 0 Å². The zero-order valence-corrected chi connectivity index (χ0v) is 11.2. The van der Waals surface area contributed by atoms with Crippen molar-refractivity contribution in [2.24, 2.45) is 11.1 Å². The summed E-state index contributed by atoms with van der Waals surface area (Å²) in [5, 5.41) is 14.6. The van der Waals surface area contributed by atoms with Crippen LogP contribution >= 0.6 is 0 Å². The van der Waals surface area contributed by atoms with Crippen molar-refractivity contribution >= 4 is 5.71 Å². The molecule has 1 aromatic carbocycles. The van der Waals surface area contributed by atoms with Crippen molar-refractivity contribution in [3.05, 3.63) is 35.9 Å². The van der Waals surface area contributed by atoms with E-state index in [1.165, 1.54) is 19.3 Å². The Morgan fingerprint density at radius 3 is 2.58 bits per heavy atom. The molecule has 3 heteroatoms.